The fourth-order valence-corrected chi connectivity index (χ4v) is 1.88. The van der Waals surface area contributed by atoms with Crippen molar-refractivity contribution in [1.82, 2.24) is 4.98 Å². The second-order valence-corrected chi connectivity index (χ2v) is 3.78. The lowest BCUT2D eigenvalue weighted by atomic mass is 10.3. The van der Waals surface area contributed by atoms with Crippen molar-refractivity contribution in [2.24, 2.45) is 5.73 Å². The number of hydrogen-bond donors (Lipinski definition) is 1. The molecule has 1 amide bonds. The molecule has 2 rings (SSSR count). The maximum absolute atomic E-state index is 12.8. The van der Waals surface area contributed by atoms with E-state index in [1.807, 2.05) is 18.2 Å². The topological polar surface area (TPSA) is 65.2 Å². The van der Waals surface area contributed by atoms with Gasteiger partial charge in [0.15, 0.2) is 0 Å². The number of aromatic nitrogens is 1. The van der Waals surface area contributed by atoms with Crippen LogP contribution in [0.1, 0.15) is 0 Å². The number of thiazole rings is 1. The standard InChI is InChI=1S/C9H7FN2O2S/c10-7(8(11)13)14-9-12-5-3-1-2-4-6(5)15-9/h1-4,7H,(H2,11,13). The molecule has 0 bridgehead atoms. The summed E-state index contributed by atoms with van der Waals surface area (Å²) in [5, 5.41) is 0.0995. The van der Waals surface area contributed by atoms with E-state index in [0.717, 1.165) is 16.0 Å². The Morgan fingerprint density at radius 3 is 2.93 bits per heavy atom. The average Bonchev–Trinajstić information content (AvgIpc) is 2.59. The lowest BCUT2D eigenvalue weighted by Crippen LogP contribution is -2.29. The third kappa shape index (κ3) is 2.04. The summed E-state index contributed by atoms with van der Waals surface area (Å²) in [6.07, 6.45) is -2.15. The number of nitrogens with zero attached hydrogens (tertiary/aromatic N) is 1. The minimum Gasteiger partial charge on any atom is -0.426 e. The highest BCUT2D eigenvalue weighted by molar-refractivity contribution is 7.20. The number of rotatable bonds is 3. The first-order valence-corrected chi connectivity index (χ1v) is 4.94. The van der Waals surface area contributed by atoms with Gasteiger partial charge in [-0.05, 0) is 12.1 Å². The van der Waals surface area contributed by atoms with Crippen molar-refractivity contribution in [3.8, 4) is 5.19 Å². The highest BCUT2D eigenvalue weighted by atomic mass is 32.1. The highest BCUT2D eigenvalue weighted by Gasteiger charge is 2.17. The zero-order valence-corrected chi connectivity index (χ0v) is 8.33. The van der Waals surface area contributed by atoms with E-state index < -0.39 is 12.3 Å². The van der Waals surface area contributed by atoms with Gasteiger partial charge in [-0.25, -0.2) is 4.98 Å². The van der Waals surface area contributed by atoms with Crippen LogP contribution in [0.4, 0.5) is 4.39 Å². The summed E-state index contributed by atoms with van der Waals surface area (Å²) in [6, 6.07) is 7.26. The molecule has 0 aliphatic heterocycles. The zero-order valence-electron chi connectivity index (χ0n) is 7.51. The Kier molecular flexibility index (Phi) is 2.51. The van der Waals surface area contributed by atoms with Gasteiger partial charge in [-0.1, -0.05) is 23.5 Å². The highest BCUT2D eigenvalue weighted by Crippen LogP contribution is 2.27. The minimum atomic E-state index is -2.15. The number of alkyl halides is 1. The SMILES string of the molecule is NC(=O)C(F)Oc1nc2ccccc2s1. The van der Waals surface area contributed by atoms with Crippen LogP contribution in [0.5, 0.6) is 5.19 Å². The molecule has 78 valence electrons. The van der Waals surface area contributed by atoms with Crippen LogP contribution in [0.15, 0.2) is 24.3 Å². The van der Waals surface area contributed by atoms with Crippen LogP contribution in [0.3, 0.4) is 0 Å². The molecule has 1 unspecified atom stereocenters. The third-order valence-corrected chi connectivity index (χ3v) is 2.63. The fourth-order valence-electron chi connectivity index (χ4n) is 1.05. The van der Waals surface area contributed by atoms with Gasteiger partial charge in [0, 0.05) is 0 Å². The maximum atomic E-state index is 12.8. The summed E-state index contributed by atoms with van der Waals surface area (Å²) in [5.74, 6) is -1.16. The molecule has 2 N–H and O–H groups in total. The van der Waals surface area contributed by atoms with Gasteiger partial charge in [-0.2, -0.15) is 4.39 Å². The van der Waals surface area contributed by atoms with E-state index in [-0.39, 0.29) is 5.19 Å². The quantitative estimate of drug-likeness (QED) is 0.861. The Balaban J connectivity index is 2.26. The van der Waals surface area contributed by atoms with Crippen molar-refractivity contribution in [1.29, 1.82) is 0 Å². The number of amides is 1. The third-order valence-electron chi connectivity index (χ3n) is 1.70. The summed E-state index contributed by atoms with van der Waals surface area (Å²) in [4.78, 5) is 14.4. The van der Waals surface area contributed by atoms with Crippen LogP contribution in [0, 0.1) is 0 Å². The van der Waals surface area contributed by atoms with Crippen LogP contribution in [-0.4, -0.2) is 17.2 Å². The normalized spacial score (nSPS) is 12.6. The molecule has 1 atom stereocenters. The van der Waals surface area contributed by atoms with Gasteiger partial charge in [-0.15, -0.1) is 0 Å². The van der Waals surface area contributed by atoms with Gasteiger partial charge >= 0.3 is 6.36 Å². The van der Waals surface area contributed by atoms with E-state index in [1.165, 1.54) is 0 Å². The summed E-state index contributed by atoms with van der Waals surface area (Å²) in [6.45, 7) is 0. The first kappa shape index (κ1) is 9.85. The molecular formula is C9H7FN2O2S. The lowest BCUT2D eigenvalue weighted by molar-refractivity contribution is -0.131. The molecule has 2 aromatic rings. The van der Waals surface area contributed by atoms with Gasteiger partial charge in [0.05, 0.1) is 10.2 Å². The second kappa shape index (κ2) is 3.82. The zero-order chi connectivity index (χ0) is 10.8. The predicted molar refractivity (Wildman–Crippen MR) is 54.3 cm³/mol. The fraction of sp³-hybridized carbons (Fsp3) is 0.111. The molecule has 0 fully saturated rings. The number of benzene rings is 1. The van der Waals surface area contributed by atoms with Crippen molar-refractivity contribution in [2.45, 2.75) is 6.36 Å². The molecule has 0 aliphatic carbocycles. The summed E-state index contributed by atoms with van der Waals surface area (Å²) in [5.41, 5.74) is 5.42. The van der Waals surface area contributed by atoms with Gasteiger partial charge in [0.1, 0.15) is 0 Å². The number of fused-ring (bicyclic) bond motifs is 1. The van der Waals surface area contributed by atoms with Crippen LogP contribution in [0.2, 0.25) is 0 Å². The number of hydrogen-bond acceptors (Lipinski definition) is 4. The lowest BCUT2D eigenvalue weighted by Gasteiger charge is -2.02. The summed E-state index contributed by atoms with van der Waals surface area (Å²) in [7, 11) is 0. The van der Waals surface area contributed by atoms with E-state index >= 15 is 0 Å². The minimum absolute atomic E-state index is 0.0995. The predicted octanol–water partition coefficient (Wildman–Crippen LogP) is 1.46. The summed E-state index contributed by atoms with van der Waals surface area (Å²) < 4.78 is 18.3. The molecule has 0 spiro atoms. The van der Waals surface area contributed by atoms with Crippen molar-refractivity contribution in [3.05, 3.63) is 24.3 Å². The number of ether oxygens (including phenoxy) is 1. The van der Waals surface area contributed by atoms with Crippen LogP contribution < -0.4 is 10.5 Å². The largest absolute Gasteiger partial charge is 0.426 e. The van der Waals surface area contributed by atoms with E-state index in [2.05, 4.69) is 9.72 Å². The van der Waals surface area contributed by atoms with Gasteiger partial charge in [0.2, 0.25) is 0 Å². The molecular weight excluding hydrogens is 219 g/mol. The summed E-state index contributed by atoms with van der Waals surface area (Å²) >= 11 is 1.16. The molecule has 0 saturated carbocycles. The molecule has 15 heavy (non-hydrogen) atoms. The molecule has 1 aromatic carbocycles. The molecule has 0 saturated heterocycles. The number of halogens is 1. The number of primary amides is 1. The molecule has 4 nitrogen and oxygen atoms in total. The molecule has 0 aliphatic rings. The maximum Gasteiger partial charge on any atom is 0.318 e. The Labute approximate surface area is 88.5 Å². The van der Waals surface area contributed by atoms with Gasteiger partial charge in [-0.3, -0.25) is 4.79 Å². The first-order chi connectivity index (χ1) is 7.16. The number of nitrogens with two attached hydrogens (primary N) is 1. The number of carbonyl (C=O) groups is 1. The Morgan fingerprint density at radius 1 is 1.53 bits per heavy atom. The van der Waals surface area contributed by atoms with E-state index in [4.69, 9.17) is 5.73 Å². The molecule has 1 aromatic heterocycles. The van der Waals surface area contributed by atoms with Crippen LogP contribution >= 0.6 is 11.3 Å². The second-order valence-electron chi connectivity index (χ2n) is 2.78. The Hall–Kier alpha value is -1.69. The van der Waals surface area contributed by atoms with E-state index in [9.17, 15) is 9.18 Å². The van der Waals surface area contributed by atoms with E-state index in [1.54, 1.807) is 6.07 Å². The van der Waals surface area contributed by atoms with Crippen LogP contribution in [-0.2, 0) is 4.79 Å². The number of para-hydroxylation sites is 1. The number of carbonyl (C=O) groups excluding carboxylic acids is 1. The van der Waals surface area contributed by atoms with Crippen molar-refractivity contribution in [2.75, 3.05) is 0 Å². The monoisotopic (exact) mass is 226 g/mol. The van der Waals surface area contributed by atoms with E-state index in [0.29, 0.717) is 5.52 Å². The van der Waals surface area contributed by atoms with Crippen LogP contribution in [0.25, 0.3) is 10.2 Å². The van der Waals surface area contributed by atoms with Gasteiger partial charge in [0.25, 0.3) is 11.1 Å². The average molecular weight is 226 g/mol. The molecule has 0 radical (unpaired) electrons. The Bertz CT molecular complexity index is 467. The molecule has 6 heteroatoms. The first-order valence-electron chi connectivity index (χ1n) is 4.12. The van der Waals surface area contributed by atoms with Crippen molar-refractivity contribution in [3.63, 3.8) is 0 Å². The van der Waals surface area contributed by atoms with Gasteiger partial charge < -0.3 is 10.5 Å². The smallest absolute Gasteiger partial charge is 0.318 e. The Morgan fingerprint density at radius 2 is 2.27 bits per heavy atom. The van der Waals surface area contributed by atoms with Crippen molar-refractivity contribution < 1.29 is 13.9 Å². The molecule has 1 heterocycles. The van der Waals surface area contributed by atoms with Crippen molar-refractivity contribution >= 4 is 27.5 Å².